The summed E-state index contributed by atoms with van der Waals surface area (Å²) in [6, 6.07) is 15.2. The van der Waals surface area contributed by atoms with E-state index in [1.54, 1.807) is 0 Å². The van der Waals surface area contributed by atoms with Crippen LogP contribution in [0, 0.1) is 0 Å². The van der Waals surface area contributed by atoms with Gasteiger partial charge in [-0.3, -0.25) is 0 Å². The summed E-state index contributed by atoms with van der Waals surface area (Å²) < 4.78 is 0. The molecule has 0 saturated heterocycles. The van der Waals surface area contributed by atoms with Crippen molar-refractivity contribution in [2.75, 3.05) is 13.1 Å². The maximum atomic E-state index is 3.43. The molecular formula is C18H23N. The molecule has 2 rings (SSSR count). The average Bonchev–Trinajstić information content (AvgIpc) is 2.46. The minimum absolute atomic E-state index is 1.07. The van der Waals surface area contributed by atoms with E-state index in [9.17, 15) is 0 Å². The van der Waals surface area contributed by atoms with Gasteiger partial charge in [-0.25, -0.2) is 0 Å². The van der Waals surface area contributed by atoms with Gasteiger partial charge in [-0.05, 0) is 60.8 Å². The number of rotatable bonds is 6. The maximum Gasteiger partial charge on any atom is -0.00141 e. The number of hydrogen-bond donors (Lipinski definition) is 1. The summed E-state index contributed by atoms with van der Waals surface area (Å²) in [5.41, 5.74) is 2.69. The van der Waals surface area contributed by atoms with Crippen LogP contribution in [0.5, 0.6) is 0 Å². The molecule has 0 amide bonds. The van der Waals surface area contributed by atoms with Crippen LogP contribution in [0.4, 0.5) is 0 Å². The van der Waals surface area contributed by atoms with Crippen LogP contribution < -0.4 is 5.32 Å². The molecule has 1 N–H and O–H groups in total. The quantitative estimate of drug-likeness (QED) is 0.740. The molecule has 0 unspecified atom stereocenters. The van der Waals surface area contributed by atoms with Crippen molar-refractivity contribution in [3.8, 4) is 0 Å². The van der Waals surface area contributed by atoms with Crippen molar-refractivity contribution < 1.29 is 0 Å². The second-order valence-electron chi connectivity index (χ2n) is 4.99. The maximum absolute atomic E-state index is 3.43. The van der Waals surface area contributed by atoms with Crippen molar-refractivity contribution >= 4 is 16.3 Å². The summed E-state index contributed by atoms with van der Waals surface area (Å²) in [7, 11) is 0. The molecule has 0 spiro atoms. The third-order valence-electron chi connectivity index (χ3n) is 3.40. The molecule has 0 aromatic heterocycles. The lowest BCUT2D eigenvalue weighted by Crippen LogP contribution is -2.15. The van der Waals surface area contributed by atoms with Crippen molar-refractivity contribution in [3.05, 3.63) is 54.1 Å². The molecule has 0 radical (unpaired) electrons. The van der Waals surface area contributed by atoms with Crippen LogP contribution in [0.25, 0.3) is 16.3 Å². The summed E-state index contributed by atoms with van der Waals surface area (Å²) in [5, 5.41) is 6.05. The Bertz CT molecular complexity index is 554. The Kier molecular flexibility index (Phi) is 5.17. The lowest BCUT2D eigenvalue weighted by Gasteiger charge is -2.05. The van der Waals surface area contributed by atoms with Gasteiger partial charge in [0.05, 0.1) is 0 Å². The third kappa shape index (κ3) is 3.93. The molecule has 0 aliphatic carbocycles. The summed E-state index contributed by atoms with van der Waals surface area (Å²) in [4.78, 5) is 0. The first-order valence-electron chi connectivity index (χ1n) is 7.18. The van der Waals surface area contributed by atoms with Crippen LogP contribution in [-0.4, -0.2) is 13.1 Å². The van der Waals surface area contributed by atoms with E-state index in [-0.39, 0.29) is 0 Å². The topological polar surface area (TPSA) is 12.0 Å². The van der Waals surface area contributed by atoms with Crippen molar-refractivity contribution in [1.29, 1.82) is 0 Å². The van der Waals surface area contributed by atoms with Gasteiger partial charge in [0.15, 0.2) is 0 Å². The molecule has 2 aromatic rings. The fourth-order valence-corrected chi connectivity index (χ4v) is 2.24. The van der Waals surface area contributed by atoms with Gasteiger partial charge in [0.1, 0.15) is 0 Å². The lowest BCUT2D eigenvalue weighted by atomic mass is 10.0. The zero-order valence-electron chi connectivity index (χ0n) is 11.9. The summed E-state index contributed by atoms with van der Waals surface area (Å²) >= 11 is 0. The van der Waals surface area contributed by atoms with E-state index in [1.165, 1.54) is 28.3 Å². The molecule has 19 heavy (non-hydrogen) atoms. The van der Waals surface area contributed by atoms with Crippen LogP contribution in [0.15, 0.2) is 48.5 Å². The van der Waals surface area contributed by atoms with Crippen LogP contribution in [0.1, 0.15) is 32.3 Å². The largest absolute Gasteiger partial charge is 0.316 e. The molecule has 0 aliphatic heterocycles. The second-order valence-corrected chi connectivity index (χ2v) is 4.99. The minimum Gasteiger partial charge on any atom is -0.316 e. The molecule has 100 valence electrons. The first-order valence-corrected chi connectivity index (χ1v) is 7.18. The molecule has 0 heterocycles. The highest BCUT2D eigenvalue weighted by atomic mass is 14.8. The molecule has 0 aliphatic rings. The first kappa shape index (κ1) is 13.8. The summed E-state index contributed by atoms with van der Waals surface area (Å²) in [5.74, 6) is 0. The third-order valence-corrected chi connectivity index (χ3v) is 3.40. The molecule has 2 aromatic carbocycles. The Hall–Kier alpha value is -1.60. The Morgan fingerprint density at radius 1 is 1.05 bits per heavy atom. The zero-order valence-corrected chi connectivity index (χ0v) is 11.9. The Labute approximate surface area is 116 Å². The smallest absolute Gasteiger partial charge is 0.00141 e. The first-order chi connectivity index (χ1) is 9.31. The molecule has 0 fully saturated rings. The monoisotopic (exact) mass is 253 g/mol. The van der Waals surface area contributed by atoms with Gasteiger partial charge in [-0.1, -0.05) is 49.4 Å². The zero-order chi connectivity index (χ0) is 13.5. The van der Waals surface area contributed by atoms with E-state index in [2.05, 4.69) is 67.7 Å². The molecule has 0 atom stereocenters. The van der Waals surface area contributed by atoms with E-state index >= 15 is 0 Å². The second kappa shape index (κ2) is 7.10. The van der Waals surface area contributed by atoms with Crippen molar-refractivity contribution in [1.82, 2.24) is 5.32 Å². The van der Waals surface area contributed by atoms with E-state index in [4.69, 9.17) is 0 Å². The van der Waals surface area contributed by atoms with Gasteiger partial charge in [0, 0.05) is 0 Å². The van der Waals surface area contributed by atoms with E-state index < -0.39 is 0 Å². The van der Waals surface area contributed by atoms with Gasteiger partial charge in [-0.2, -0.15) is 0 Å². The predicted molar refractivity (Wildman–Crippen MR) is 85.4 cm³/mol. The van der Waals surface area contributed by atoms with E-state index in [0.29, 0.717) is 0 Å². The van der Waals surface area contributed by atoms with Crippen LogP contribution in [0.2, 0.25) is 0 Å². The van der Waals surface area contributed by atoms with Gasteiger partial charge < -0.3 is 5.32 Å². The number of allylic oxidation sites excluding steroid dienone is 1. The number of hydrogen-bond acceptors (Lipinski definition) is 1. The van der Waals surface area contributed by atoms with Gasteiger partial charge >= 0.3 is 0 Å². The lowest BCUT2D eigenvalue weighted by molar-refractivity contribution is 0.678. The van der Waals surface area contributed by atoms with Gasteiger partial charge in [-0.15, -0.1) is 0 Å². The van der Waals surface area contributed by atoms with Crippen molar-refractivity contribution in [2.24, 2.45) is 0 Å². The standard InChI is InChI=1S/C18H23N/c1-3-12-19-13-6-7-15(2)17-11-10-16-8-4-5-9-18(16)14-17/h4-5,7-11,14,19H,3,6,12-13H2,1-2H3. The molecule has 0 saturated carbocycles. The highest BCUT2D eigenvalue weighted by molar-refractivity contribution is 5.86. The number of nitrogens with one attached hydrogen (secondary N) is 1. The normalized spacial score (nSPS) is 12.0. The fraction of sp³-hybridized carbons (Fsp3) is 0.333. The molecular weight excluding hydrogens is 230 g/mol. The minimum atomic E-state index is 1.07. The van der Waals surface area contributed by atoms with Crippen LogP contribution in [-0.2, 0) is 0 Å². The average molecular weight is 253 g/mol. The van der Waals surface area contributed by atoms with Crippen molar-refractivity contribution in [3.63, 3.8) is 0 Å². The molecule has 1 heteroatoms. The number of benzene rings is 2. The van der Waals surface area contributed by atoms with Crippen LogP contribution >= 0.6 is 0 Å². The Morgan fingerprint density at radius 2 is 1.84 bits per heavy atom. The SMILES string of the molecule is CCCNCCC=C(C)c1ccc2ccccc2c1. The van der Waals surface area contributed by atoms with Gasteiger partial charge in [0.25, 0.3) is 0 Å². The molecule has 1 nitrogen and oxygen atoms in total. The summed E-state index contributed by atoms with van der Waals surface area (Å²) in [6.45, 7) is 6.58. The van der Waals surface area contributed by atoms with E-state index in [1.807, 2.05) is 0 Å². The molecule has 0 bridgehead atoms. The van der Waals surface area contributed by atoms with Crippen molar-refractivity contribution in [2.45, 2.75) is 26.7 Å². The Morgan fingerprint density at radius 3 is 2.63 bits per heavy atom. The summed E-state index contributed by atoms with van der Waals surface area (Å²) in [6.07, 6.45) is 4.62. The highest BCUT2D eigenvalue weighted by Gasteiger charge is 1.97. The highest BCUT2D eigenvalue weighted by Crippen LogP contribution is 2.21. The number of fused-ring (bicyclic) bond motifs is 1. The Balaban J connectivity index is 2.04. The predicted octanol–water partition coefficient (Wildman–Crippen LogP) is 4.63. The van der Waals surface area contributed by atoms with Crippen LogP contribution in [0.3, 0.4) is 0 Å². The van der Waals surface area contributed by atoms with E-state index in [0.717, 1.165) is 19.5 Å². The van der Waals surface area contributed by atoms with Gasteiger partial charge in [0.2, 0.25) is 0 Å². The fourth-order valence-electron chi connectivity index (χ4n) is 2.24.